The molecule has 0 aliphatic carbocycles. The molecule has 6 heteroatoms. The molecule has 0 unspecified atom stereocenters. The summed E-state index contributed by atoms with van der Waals surface area (Å²) in [4.78, 5) is 4.33. The SMILES string of the molecule is CC(C)(O)C(C)(C)O.[B]c1ccc(OCc2ccccc2)nc1OCc1ccccc1. The number of ether oxygens (including phenoxy) is 2. The van der Waals surface area contributed by atoms with Gasteiger partial charge in [-0.25, -0.2) is 0 Å². The van der Waals surface area contributed by atoms with Gasteiger partial charge in [0, 0.05) is 0 Å². The van der Waals surface area contributed by atoms with Crippen molar-refractivity contribution in [1.29, 1.82) is 0 Å². The Labute approximate surface area is 186 Å². The molecule has 0 bridgehead atoms. The lowest BCUT2D eigenvalue weighted by molar-refractivity contribution is -0.107. The number of benzene rings is 2. The topological polar surface area (TPSA) is 71.8 Å². The second-order valence-corrected chi connectivity index (χ2v) is 8.21. The van der Waals surface area contributed by atoms with Crippen LogP contribution in [0, 0.1) is 0 Å². The molecule has 0 spiro atoms. The molecular weight excluding hydrogens is 389 g/mol. The zero-order chi connectivity index (χ0) is 22.9. The number of aliphatic hydroxyl groups is 2. The molecule has 1 aromatic heterocycles. The highest BCUT2D eigenvalue weighted by Crippen LogP contribution is 2.19. The summed E-state index contributed by atoms with van der Waals surface area (Å²) < 4.78 is 11.4. The van der Waals surface area contributed by atoms with E-state index in [4.69, 9.17) is 27.5 Å². The maximum Gasteiger partial charge on any atom is 0.216 e. The summed E-state index contributed by atoms with van der Waals surface area (Å²) >= 11 is 0. The number of pyridine rings is 1. The molecule has 162 valence electrons. The highest BCUT2D eigenvalue weighted by Gasteiger charge is 2.31. The third-order valence-electron chi connectivity index (χ3n) is 4.81. The van der Waals surface area contributed by atoms with Gasteiger partial charge in [-0.2, -0.15) is 4.98 Å². The Hall–Kier alpha value is -2.83. The van der Waals surface area contributed by atoms with Crippen LogP contribution in [0.2, 0.25) is 0 Å². The van der Waals surface area contributed by atoms with Crippen molar-refractivity contribution >= 4 is 13.3 Å². The zero-order valence-electron chi connectivity index (χ0n) is 18.6. The van der Waals surface area contributed by atoms with Gasteiger partial charge in [0.05, 0.1) is 11.2 Å². The van der Waals surface area contributed by atoms with Crippen LogP contribution < -0.4 is 14.9 Å². The van der Waals surface area contributed by atoms with Crippen LogP contribution in [0.15, 0.2) is 72.8 Å². The van der Waals surface area contributed by atoms with Crippen LogP contribution in [-0.4, -0.2) is 34.2 Å². The van der Waals surface area contributed by atoms with Crippen LogP contribution in [0.3, 0.4) is 0 Å². The van der Waals surface area contributed by atoms with Crippen LogP contribution >= 0.6 is 0 Å². The van der Waals surface area contributed by atoms with Gasteiger partial charge >= 0.3 is 0 Å². The van der Waals surface area contributed by atoms with Gasteiger partial charge in [0.1, 0.15) is 21.1 Å². The van der Waals surface area contributed by atoms with E-state index in [1.54, 1.807) is 39.8 Å². The standard InChI is InChI=1S/C19H16BNO2.C6H14O2/c20-17-11-12-18(22-13-15-7-3-1-4-8-15)21-19(17)23-14-16-9-5-2-6-10-16;1-5(2,7)6(3,4)8/h1-12H,13-14H2;7-8H,1-4H3. The van der Waals surface area contributed by atoms with Crippen LogP contribution in [0.4, 0.5) is 0 Å². The lowest BCUT2D eigenvalue weighted by Crippen LogP contribution is -2.44. The highest BCUT2D eigenvalue weighted by atomic mass is 16.5. The first kappa shape index (κ1) is 24.4. The lowest BCUT2D eigenvalue weighted by atomic mass is 9.90. The molecule has 31 heavy (non-hydrogen) atoms. The molecule has 0 amide bonds. The van der Waals surface area contributed by atoms with Gasteiger partial charge in [-0.15, -0.1) is 0 Å². The Balaban J connectivity index is 0.000000366. The molecule has 3 rings (SSSR count). The summed E-state index contributed by atoms with van der Waals surface area (Å²) in [5.74, 6) is 0.880. The molecule has 2 N–H and O–H groups in total. The summed E-state index contributed by atoms with van der Waals surface area (Å²) in [6.07, 6.45) is 0. The third-order valence-corrected chi connectivity index (χ3v) is 4.81. The summed E-state index contributed by atoms with van der Waals surface area (Å²) in [6, 6.07) is 23.3. The van der Waals surface area contributed by atoms with E-state index >= 15 is 0 Å². The number of rotatable bonds is 7. The van der Waals surface area contributed by atoms with Gasteiger partial charge in [-0.3, -0.25) is 0 Å². The van der Waals surface area contributed by atoms with Gasteiger partial charge in [0.25, 0.3) is 0 Å². The fourth-order valence-electron chi connectivity index (χ4n) is 2.09. The summed E-state index contributed by atoms with van der Waals surface area (Å²) in [5, 5.41) is 18.2. The van der Waals surface area contributed by atoms with E-state index in [0.29, 0.717) is 30.4 Å². The Kier molecular flexibility index (Phi) is 8.66. The van der Waals surface area contributed by atoms with E-state index in [1.165, 1.54) is 0 Å². The van der Waals surface area contributed by atoms with Gasteiger partial charge in [-0.1, -0.05) is 66.7 Å². The van der Waals surface area contributed by atoms with Crippen molar-refractivity contribution in [3.8, 4) is 11.8 Å². The van der Waals surface area contributed by atoms with Crippen molar-refractivity contribution in [1.82, 2.24) is 4.98 Å². The van der Waals surface area contributed by atoms with E-state index in [-0.39, 0.29) is 0 Å². The third kappa shape index (κ3) is 8.44. The fourth-order valence-corrected chi connectivity index (χ4v) is 2.09. The average Bonchev–Trinajstić information content (AvgIpc) is 2.73. The first-order valence-electron chi connectivity index (χ1n) is 10.1. The second-order valence-electron chi connectivity index (χ2n) is 8.21. The quantitative estimate of drug-likeness (QED) is 0.573. The van der Waals surface area contributed by atoms with E-state index in [1.807, 2.05) is 60.7 Å². The fraction of sp³-hybridized carbons (Fsp3) is 0.320. The maximum atomic E-state index is 9.10. The Bertz CT molecular complexity index is 908. The predicted molar refractivity (Wildman–Crippen MR) is 124 cm³/mol. The van der Waals surface area contributed by atoms with Crippen molar-refractivity contribution in [2.45, 2.75) is 52.1 Å². The number of aromatic nitrogens is 1. The second kappa shape index (κ2) is 11.0. The minimum atomic E-state index is -1.01. The van der Waals surface area contributed by atoms with Gasteiger partial charge < -0.3 is 19.7 Å². The summed E-state index contributed by atoms with van der Waals surface area (Å²) in [6.45, 7) is 7.18. The smallest absolute Gasteiger partial charge is 0.216 e. The van der Waals surface area contributed by atoms with E-state index in [9.17, 15) is 0 Å². The molecule has 2 aromatic carbocycles. The van der Waals surface area contributed by atoms with E-state index < -0.39 is 11.2 Å². The van der Waals surface area contributed by atoms with E-state index in [2.05, 4.69) is 4.98 Å². The summed E-state index contributed by atoms with van der Waals surface area (Å²) in [7, 11) is 5.92. The zero-order valence-corrected chi connectivity index (χ0v) is 18.6. The Morgan fingerprint density at radius 1 is 0.710 bits per heavy atom. The monoisotopic (exact) mass is 419 g/mol. The minimum absolute atomic E-state index is 0.388. The number of hydrogen-bond donors (Lipinski definition) is 2. The molecule has 0 saturated heterocycles. The molecule has 0 aliphatic rings. The Morgan fingerprint density at radius 3 is 1.61 bits per heavy atom. The molecule has 3 aromatic rings. The van der Waals surface area contributed by atoms with Crippen molar-refractivity contribution in [3.05, 3.63) is 83.9 Å². The molecule has 5 nitrogen and oxygen atoms in total. The molecule has 1 heterocycles. The van der Waals surface area contributed by atoms with Crippen molar-refractivity contribution in [2.75, 3.05) is 0 Å². The first-order valence-corrected chi connectivity index (χ1v) is 10.1. The minimum Gasteiger partial charge on any atom is -0.473 e. The van der Waals surface area contributed by atoms with Crippen LogP contribution in [0.25, 0.3) is 0 Å². The largest absolute Gasteiger partial charge is 0.473 e. The molecule has 0 atom stereocenters. The van der Waals surface area contributed by atoms with Crippen molar-refractivity contribution < 1.29 is 19.7 Å². The number of hydrogen-bond acceptors (Lipinski definition) is 5. The van der Waals surface area contributed by atoms with Crippen LogP contribution in [0.5, 0.6) is 11.8 Å². The highest BCUT2D eigenvalue weighted by molar-refractivity contribution is 6.33. The van der Waals surface area contributed by atoms with Crippen molar-refractivity contribution in [2.24, 2.45) is 0 Å². The lowest BCUT2D eigenvalue weighted by Gasteiger charge is -2.31. The van der Waals surface area contributed by atoms with Gasteiger partial charge in [-0.05, 0) is 50.4 Å². The van der Waals surface area contributed by atoms with E-state index in [0.717, 1.165) is 11.1 Å². The average molecular weight is 419 g/mol. The number of nitrogens with zero attached hydrogens (tertiary/aromatic N) is 1. The van der Waals surface area contributed by atoms with Crippen LogP contribution in [0.1, 0.15) is 38.8 Å². The normalized spacial score (nSPS) is 11.3. The maximum absolute atomic E-state index is 9.10. The molecular formula is C25H30BNO4. The van der Waals surface area contributed by atoms with Gasteiger partial charge in [0.2, 0.25) is 11.8 Å². The Morgan fingerprint density at radius 2 is 1.16 bits per heavy atom. The summed E-state index contributed by atoms with van der Waals surface area (Å²) in [5.41, 5.74) is 0.621. The van der Waals surface area contributed by atoms with Crippen molar-refractivity contribution in [3.63, 3.8) is 0 Å². The molecule has 2 radical (unpaired) electrons. The molecule has 0 aliphatic heterocycles. The van der Waals surface area contributed by atoms with Crippen LogP contribution in [-0.2, 0) is 13.2 Å². The predicted octanol–water partition coefficient (Wildman–Crippen LogP) is 3.56. The molecule has 0 fully saturated rings. The van der Waals surface area contributed by atoms with Gasteiger partial charge in [0.15, 0.2) is 0 Å². The first-order chi connectivity index (χ1) is 14.6. The molecule has 0 saturated carbocycles.